The monoisotopic (exact) mass is 266 g/mol. The number of benzene rings is 1. The average Bonchev–Trinajstić information content (AvgIpc) is 2.47. The van der Waals surface area contributed by atoms with Crippen LogP contribution in [0, 0.1) is 0 Å². The molecule has 2 nitrogen and oxygen atoms in total. The van der Waals surface area contributed by atoms with Gasteiger partial charge in [0.25, 0.3) is 0 Å². The van der Waals surface area contributed by atoms with Gasteiger partial charge in [-0.1, -0.05) is 30.7 Å². The first kappa shape index (κ1) is 13.9. The van der Waals surface area contributed by atoms with Gasteiger partial charge in [0.2, 0.25) is 0 Å². The third kappa shape index (κ3) is 2.44. The smallest absolute Gasteiger partial charge is 0.403 e. The standard InChI is InChI=1S/C14H20BClO2/c1-10(11-7-6-8-12(16)9-11)15-17-13(2,3)14(4,5)18-15/h6-10H,1-5H3. The van der Waals surface area contributed by atoms with E-state index in [-0.39, 0.29) is 24.1 Å². The minimum absolute atomic E-state index is 0.157. The Morgan fingerprint density at radius 3 is 2.17 bits per heavy atom. The summed E-state index contributed by atoms with van der Waals surface area (Å²) in [6.07, 6.45) is 0. The molecule has 0 bridgehead atoms. The van der Waals surface area contributed by atoms with E-state index in [1.165, 1.54) is 0 Å². The van der Waals surface area contributed by atoms with Gasteiger partial charge in [0.15, 0.2) is 0 Å². The Balaban J connectivity index is 2.20. The van der Waals surface area contributed by atoms with Crippen molar-refractivity contribution in [1.82, 2.24) is 0 Å². The molecule has 1 aromatic rings. The molecule has 1 unspecified atom stereocenters. The maximum atomic E-state index is 6.05. The Morgan fingerprint density at radius 1 is 1.11 bits per heavy atom. The van der Waals surface area contributed by atoms with Crippen LogP contribution in [-0.2, 0) is 9.31 Å². The van der Waals surface area contributed by atoms with E-state index < -0.39 is 0 Å². The Labute approximate surface area is 115 Å². The van der Waals surface area contributed by atoms with Gasteiger partial charge in [0.05, 0.1) is 11.2 Å². The van der Waals surface area contributed by atoms with Crippen molar-refractivity contribution in [2.24, 2.45) is 0 Å². The van der Waals surface area contributed by atoms with Crippen LogP contribution in [0.15, 0.2) is 24.3 Å². The summed E-state index contributed by atoms with van der Waals surface area (Å²) in [5, 5.41) is 0.746. The molecule has 0 amide bonds. The van der Waals surface area contributed by atoms with Gasteiger partial charge in [-0.05, 0) is 45.4 Å². The summed E-state index contributed by atoms with van der Waals surface area (Å²) in [4.78, 5) is 0. The minimum Gasteiger partial charge on any atom is -0.403 e. The summed E-state index contributed by atoms with van der Waals surface area (Å²) in [5.41, 5.74) is 0.565. The van der Waals surface area contributed by atoms with Gasteiger partial charge in [-0.3, -0.25) is 0 Å². The molecule has 1 aliphatic rings. The van der Waals surface area contributed by atoms with E-state index in [0.29, 0.717) is 0 Å². The molecule has 1 heterocycles. The second kappa shape index (κ2) is 4.55. The zero-order valence-corrected chi connectivity index (χ0v) is 12.4. The zero-order valence-electron chi connectivity index (χ0n) is 11.7. The van der Waals surface area contributed by atoms with Crippen molar-refractivity contribution in [3.8, 4) is 0 Å². The van der Waals surface area contributed by atoms with E-state index in [9.17, 15) is 0 Å². The first-order valence-corrected chi connectivity index (χ1v) is 6.72. The van der Waals surface area contributed by atoms with Gasteiger partial charge in [-0.25, -0.2) is 0 Å². The highest BCUT2D eigenvalue weighted by atomic mass is 35.5. The number of halogens is 1. The molecule has 1 atom stereocenters. The van der Waals surface area contributed by atoms with Crippen molar-refractivity contribution in [1.29, 1.82) is 0 Å². The van der Waals surface area contributed by atoms with Crippen LogP contribution in [0.1, 0.15) is 46.0 Å². The Bertz CT molecular complexity index is 429. The highest BCUT2D eigenvalue weighted by Gasteiger charge is 2.52. The molecule has 2 rings (SSSR count). The van der Waals surface area contributed by atoms with Crippen molar-refractivity contribution < 1.29 is 9.31 Å². The van der Waals surface area contributed by atoms with Crippen LogP contribution < -0.4 is 0 Å². The molecule has 1 aromatic carbocycles. The van der Waals surface area contributed by atoms with Crippen molar-refractivity contribution >= 4 is 18.7 Å². The van der Waals surface area contributed by atoms with Crippen LogP contribution in [-0.4, -0.2) is 18.3 Å². The number of rotatable bonds is 2. The fourth-order valence-electron chi connectivity index (χ4n) is 2.04. The molecule has 4 heteroatoms. The second-order valence-electron chi connectivity index (χ2n) is 5.97. The van der Waals surface area contributed by atoms with Crippen LogP contribution in [0.3, 0.4) is 0 Å². The Morgan fingerprint density at radius 2 is 1.67 bits per heavy atom. The third-order valence-corrected chi connectivity index (χ3v) is 4.29. The molecule has 0 aromatic heterocycles. The van der Waals surface area contributed by atoms with Gasteiger partial charge in [-0.2, -0.15) is 0 Å². The molecule has 18 heavy (non-hydrogen) atoms. The summed E-state index contributed by atoms with van der Waals surface area (Å²) in [6, 6.07) is 7.86. The quantitative estimate of drug-likeness (QED) is 0.751. The maximum absolute atomic E-state index is 6.05. The van der Waals surface area contributed by atoms with Gasteiger partial charge in [0, 0.05) is 10.8 Å². The molecule has 1 fully saturated rings. The highest BCUT2D eigenvalue weighted by Crippen LogP contribution is 2.40. The second-order valence-corrected chi connectivity index (χ2v) is 6.40. The molecular weight excluding hydrogens is 246 g/mol. The Kier molecular flexibility index (Phi) is 3.52. The number of hydrogen-bond acceptors (Lipinski definition) is 2. The van der Waals surface area contributed by atoms with Gasteiger partial charge in [0.1, 0.15) is 0 Å². The van der Waals surface area contributed by atoms with Crippen LogP contribution in [0.4, 0.5) is 0 Å². The van der Waals surface area contributed by atoms with E-state index in [4.69, 9.17) is 20.9 Å². The van der Waals surface area contributed by atoms with Crippen molar-refractivity contribution in [2.75, 3.05) is 0 Å². The minimum atomic E-state index is -0.287. The molecule has 0 spiro atoms. The number of hydrogen-bond donors (Lipinski definition) is 0. The van der Waals surface area contributed by atoms with E-state index in [1.807, 2.05) is 18.2 Å². The summed E-state index contributed by atoms with van der Waals surface area (Å²) >= 11 is 6.03. The Hall–Kier alpha value is -0.505. The van der Waals surface area contributed by atoms with Crippen molar-refractivity contribution in [2.45, 2.75) is 51.6 Å². The van der Waals surface area contributed by atoms with E-state index in [2.05, 4.69) is 40.7 Å². The average molecular weight is 267 g/mol. The summed E-state index contributed by atoms with van der Waals surface area (Å²) in [6.45, 7) is 10.4. The summed E-state index contributed by atoms with van der Waals surface area (Å²) < 4.78 is 12.1. The van der Waals surface area contributed by atoms with E-state index in [0.717, 1.165) is 10.6 Å². The van der Waals surface area contributed by atoms with E-state index >= 15 is 0 Å². The lowest BCUT2D eigenvalue weighted by atomic mass is 9.69. The third-order valence-electron chi connectivity index (χ3n) is 4.05. The predicted octanol–water partition coefficient (Wildman–Crippen LogP) is 4.07. The fourth-order valence-corrected chi connectivity index (χ4v) is 2.24. The maximum Gasteiger partial charge on any atom is 0.465 e. The zero-order chi connectivity index (χ0) is 13.6. The largest absolute Gasteiger partial charge is 0.465 e. The summed E-state index contributed by atoms with van der Waals surface area (Å²) in [7, 11) is -0.228. The predicted molar refractivity (Wildman–Crippen MR) is 75.9 cm³/mol. The SMILES string of the molecule is CC(B1OC(C)(C)C(C)(C)O1)c1cccc(Cl)c1. The first-order valence-electron chi connectivity index (χ1n) is 6.34. The van der Waals surface area contributed by atoms with E-state index in [1.54, 1.807) is 0 Å². The van der Waals surface area contributed by atoms with Crippen LogP contribution in [0.5, 0.6) is 0 Å². The molecule has 0 saturated carbocycles. The van der Waals surface area contributed by atoms with Gasteiger partial charge in [-0.15, -0.1) is 0 Å². The molecule has 98 valence electrons. The lowest BCUT2D eigenvalue weighted by Crippen LogP contribution is -2.41. The lowest BCUT2D eigenvalue weighted by Gasteiger charge is -2.32. The van der Waals surface area contributed by atoms with Gasteiger partial charge >= 0.3 is 7.12 Å². The molecule has 1 saturated heterocycles. The molecular formula is C14H20BClO2. The van der Waals surface area contributed by atoms with Crippen molar-refractivity contribution in [3.63, 3.8) is 0 Å². The topological polar surface area (TPSA) is 18.5 Å². The van der Waals surface area contributed by atoms with Gasteiger partial charge < -0.3 is 9.31 Å². The summed E-state index contributed by atoms with van der Waals surface area (Å²) in [5.74, 6) is 0.157. The fraction of sp³-hybridized carbons (Fsp3) is 0.571. The molecule has 0 radical (unpaired) electrons. The normalized spacial score (nSPS) is 23.1. The van der Waals surface area contributed by atoms with Crippen LogP contribution >= 0.6 is 11.6 Å². The first-order chi connectivity index (χ1) is 8.23. The molecule has 0 aliphatic carbocycles. The molecule has 0 N–H and O–H groups in total. The van der Waals surface area contributed by atoms with Crippen molar-refractivity contribution in [3.05, 3.63) is 34.9 Å². The molecule has 1 aliphatic heterocycles. The highest BCUT2D eigenvalue weighted by molar-refractivity contribution is 6.47. The van der Waals surface area contributed by atoms with Crippen LogP contribution in [0.2, 0.25) is 5.02 Å². The van der Waals surface area contributed by atoms with Crippen LogP contribution in [0.25, 0.3) is 0 Å². The lowest BCUT2D eigenvalue weighted by molar-refractivity contribution is 0.00578.